The maximum atomic E-state index is 12.2. The van der Waals surface area contributed by atoms with E-state index < -0.39 is 0 Å². The predicted molar refractivity (Wildman–Crippen MR) is 73.2 cm³/mol. The lowest BCUT2D eigenvalue weighted by molar-refractivity contribution is -0.133. The van der Waals surface area contributed by atoms with Crippen molar-refractivity contribution in [1.29, 1.82) is 0 Å². The number of hydrogen-bond donors (Lipinski definition) is 1. The molecule has 0 aliphatic carbocycles. The van der Waals surface area contributed by atoms with Crippen molar-refractivity contribution in [1.82, 2.24) is 10.2 Å². The van der Waals surface area contributed by atoms with E-state index >= 15 is 0 Å². The number of fused-ring (bicyclic) bond motifs is 1. The first-order valence-electron chi connectivity index (χ1n) is 7.01. The van der Waals surface area contributed by atoms with Gasteiger partial charge in [-0.25, -0.2) is 0 Å². The van der Waals surface area contributed by atoms with Crippen molar-refractivity contribution in [2.45, 2.75) is 31.9 Å². The van der Waals surface area contributed by atoms with Gasteiger partial charge in [-0.3, -0.25) is 4.79 Å². The summed E-state index contributed by atoms with van der Waals surface area (Å²) >= 11 is 0. The first-order valence-corrected chi connectivity index (χ1v) is 7.01. The third-order valence-corrected chi connectivity index (χ3v) is 3.88. The Hall–Kier alpha value is -1.55. The molecule has 1 fully saturated rings. The molecule has 2 aliphatic rings. The monoisotopic (exact) mass is 260 g/mol. The SMILES string of the molecule is CC1NCCCN(CC2Cc3ccccc3O2)C1=O. The topological polar surface area (TPSA) is 41.6 Å². The lowest BCUT2D eigenvalue weighted by Crippen LogP contribution is -2.45. The number of amides is 1. The van der Waals surface area contributed by atoms with Crippen LogP contribution in [0.25, 0.3) is 0 Å². The van der Waals surface area contributed by atoms with Crippen molar-refractivity contribution in [2.75, 3.05) is 19.6 Å². The second-order valence-corrected chi connectivity index (χ2v) is 5.37. The molecule has 0 bridgehead atoms. The summed E-state index contributed by atoms with van der Waals surface area (Å²) in [5, 5.41) is 3.23. The Kier molecular flexibility index (Phi) is 3.42. The molecule has 2 heterocycles. The van der Waals surface area contributed by atoms with Crippen molar-refractivity contribution in [3.8, 4) is 5.75 Å². The molecule has 0 radical (unpaired) electrons. The summed E-state index contributed by atoms with van der Waals surface area (Å²) in [7, 11) is 0. The number of nitrogens with zero attached hydrogens (tertiary/aromatic N) is 1. The summed E-state index contributed by atoms with van der Waals surface area (Å²) in [5.41, 5.74) is 1.25. The first kappa shape index (κ1) is 12.5. The number of hydrogen-bond acceptors (Lipinski definition) is 3. The molecule has 2 aliphatic heterocycles. The highest BCUT2D eigenvalue weighted by Crippen LogP contribution is 2.28. The number of ether oxygens (including phenoxy) is 1. The highest BCUT2D eigenvalue weighted by molar-refractivity contribution is 5.81. The van der Waals surface area contributed by atoms with Crippen LogP contribution in [0.5, 0.6) is 5.75 Å². The van der Waals surface area contributed by atoms with Crippen LogP contribution in [0.2, 0.25) is 0 Å². The van der Waals surface area contributed by atoms with Crippen molar-refractivity contribution in [3.63, 3.8) is 0 Å². The Morgan fingerprint density at radius 1 is 1.42 bits per heavy atom. The molecule has 1 saturated heterocycles. The predicted octanol–water partition coefficient (Wildman–Crippen LogP) is 1.20. The Morgan fingerprint density at radius 3 is 3.11 bits per heavy atom. The molecular weight excluding hydrogens is 240 g/mol. The Morgan fingerprint density at radius 2 is 2.26 bits per heavy atom. The van der Waals surface area contributed by atoms with Crippen LogP contribution in [0.1, 0.15) is 18.9 Å². The number of nitrogens with one attached hydrogen (secondary N) is 1. The zero-order valence-corrected chi connectivity index (χ0v) is 11.3. The number of benzene rings is 1. The van der Waals surface area contributed by atoms with Gasteiger partial charge in [0.15, 0.2) is 0 Å². The third kappa shape index (κ3) is 2.59. The molecule has 0 saturated carbocycles. The fourth-order valence-corrected chi connectivity index (χ4v) is 2.84. The van der Waals surface area contributed by atoms with Gasteiger partial charge in [0, 0.05) is 13.0 Å². The molecule has 1 aromatic carbocycles. The van der Waals surface area contributed by atoms with Crippen LogP contribution in [0.4, 0.5) is 0 Å². The minimum atomic E-state index is -0.0775. The standard InChI is InChI=1S/C15H20N2O2/c1-11-15(18)17(8-4-7-16-11)10-13-9-12-5-2-3-6-14(12)19-13/h2-3,5-6,11,13,16H,4,7-10H2,1H3. The van der Waals surface area contributed by atoms with E-state index in [2.05, 4.69) is 11.4 Å². The Bertz CT molecular complexity index is 450. The maximum absolute atomic E-state index is 12.2. The summed E-state index contributed by atoms with van der Waals surface area (Å²) in [6, 6.07) is 8.05. The van der Waals surface area contributed by atoms with Gasteiger partial charge in [0.25, 0.3) is 0 Å². The molecule has 3 rings (SSSR count). The average Bonchev–Trinajstić information content (AvgIpc) is 2.76. The van der Waals surface area contributed by atoms with Gasteiger partial charge >= 0.3 is 0 Å². The second kappa shape index (κ2) is 5.21. The molecule has 1 amide bonds. The van der Waals surface area contributed by atoms with Gasteiger partial charge in [0.05, 0.1) is 12.6 Å². The minimum absolute atomic E-state index is 0.0775. The van der Waals surface area contributed by atoms with Crippen LogP contribution in [0.3, 0.4) is 0 Å². The molecule has 0 spiro atoms. The first-order chi connectivity index (χ1) is 9.24. The third-order valence-electron chi connectivity index (χ3n) is 3.88. The lowest BCUT2D eigenvalue weighted by atomic mass is 10.1. The molecule has 1 aromatic rings. The molecule has 2 atom stereocenters. The maximum Gasteiger partial charge on any atom is 0.239 e. The summed E-state index contributed by atoms with van der Waals surface area (Å²) in [5.74, 6) is 1.16. The highest BCUT2D eigenvalue weighted by atomic mass is 16.5. The molecule has 4 heteroatoms. The van der Waals surface area contributed by atoms with Crippen LogP contribution < -0.4 is 10.1 Å². The van der Waals surface area contributed by atoms with E-state index in [0.29, 0.717) is 6.54 Å². The zero-order valence-electron chi connectivity index (χ0n) is 11.3. The van der Waals surface area contributed by atoms with Gasteiger partial charge < -0.3 is 15.0 Å². The van der Waals surface area contributed by atoms with E-state index in [-0.39, 0.29) is 18.1 Å². The quantitative estimate of drug-likeness (QED) is 0.869. The Balaban J connectivity index is 1.65. The van der Waals surface area contributed by atoms with Crippen molar-refractivity contribution in [2.24, 2.45) is 0 Å². The van der Waals surface area contributed by atoms with Gasteiger partial charge in [0.1, 0.15) is 11.9 Å². The summed E-state index contributed by atoms with van der Waals surface area (Å²) in [6.07, 6.45) is 2.02. The highest BCUT2D eigenvalue weighted by Gasteiger charge is 2.29. The summed E-state index contributed by atoms with van der Waals surface area (Å²) < 4.78 is 5.92. The second-order valence-electron chi connectivity index (χ2n) is 5.37. The minimum Gasteiger partial charge on any atom is -0.488 e. The van der Waals surface area contributed by atoms with Crippen molar-refractivity contribution in [3.05, 3.63) is 29.8 Å². The molecular formula is C15H20N2O2. The van der Waals surface area contributed by atoms with Gasteiger partial charge in [-0.1, -0.05) is 18.2 Å². The molecule has 0 aromatic heterocycles. The largest absolute Gasteiger partial charge is 0.488 e. The van der Waals surface area contributed by atoms with Crippen LogP contribution in [-0.2, 0) is 11.2 Å². The van der Waals surface area contributed by atoms with Gasteiger partial charge in [0.2, 0.25) is 5.91 Å². The van der Waals surface area contributed by atoms with Crippen molar-refractivity contribution >= 4 is 5.91 Å². The van der Waals surface area contributed by atoms with E-state index in [1.807, 2.05) is 30.0 Å². The zero-order chi connectivity index (χ0) is 13.2. The van der Waals surface area contributed by atoms with E-state index in [9.17, 15) is 4.79 Å². The molecule has 2 unspecified atom stereocenters. The smallest absolute Gasteiger partial charge is 0.239 e. The van der Waals surface area contributed by atoms with Crippen LogP contribution in [0.15, 0.2) is 24.3 Å². The normalized spacial score (nSPS) is 26.8. The number of para-hydroxylation sites is 1. The van der Waals surface area contributed by atoms with Gasteiger partial charge in [-0.05, 0) is 31.5 Å². The summed E-state index contributed by atoms with van der Waals surface area (Å²) in [6.45, 7) is 4.37. The van der Waals surface area contributed by atoms with E-state index in [4.69, 9.17) is 4.74 Å². The number of rotatable bonds is 2. The average molecular weight is 260 g/mol. The van der Waals surface area contributed by atoms with Crippen LogP contribution in [0, 0.1) is 0 Å². The number of carbonyl (C=O) groups excluding carboxylic acids is 1. The van der Waals surface area contributed by atoms with E-state index in [1.165, 1.54) is 5.56 Å². The van der Waals surface area contributed by atoms with Gasteiger partial charge in [-0.15, -0.1) is 0 Å². The number of carbonyl (C=O) groups is 1. The van der Waals surface area contributed by atoms with Crippen molar-refractivity contribution < 1.29 is 9.53 Å². The van der Waals surface area contributed by atoms with Crippen LogP contribution >= 0.6 is 0 Å². The van der Waals surface area contributed by atoms with Gasteiger partial charge in [-0.2, -0.15) is 0 Å². The fraction of sp³-hybridized carbons (Fsp3) is 0.533. The van der Waals surface area contributed by atoms with Crippen LogP contribution in [-0.4, -0.2) is 42.6 Å². The van der Waals surface area contributed by atoms with E-state index in [0.717, 1.165) is 31.7 Å². The fourth-order valence-electron chi connectivity index (χ4n) is 2.84. The molecule has 102 valence electrons. The Labute approximate surface area is 113 Å². The molecule has 4 nitrogen and oxygen atoms in total. The van der Waals surface area contributed by atoms with E-state index in [1.54, 1.807) is 0 Å². The molecule has 19 heavy (non-hydrogen) atoms. The lowest BCUT2D eigenvalue weighted by Gasteiger charge is -2.25. The molecule has 1 N–H and O–H groups in total. The summed E-state index contributed by atoms with van der Waals surface area (Å²) in [4.78, 5) is 14.2.